The van der Waals surface area contributed by atoms with Crippen LogP contribution in [0.15, 0.2) is 53.7 Å². The van der Waals surface area contributed by atoms with Gasteiger partial charge < -0.3 is 9.64 Å². The number of rotatable bonds is 4. The van der Waals surface area contributed by atoms with Crippen LogP contribution >= 0.6 is 0 Å². The quantitative estimate of drug-likeness (QED) is 0.588. The molecule has 2 aliphatic heterocycles. The van der Waals surface area contributed by atoms with Gasteiger partial charge in [-0.25, -0.2) is 12.9 Å². The first-order valence-corrected chi connectivity index (χ1v) is 12.8. The number of hydrogen-bond donors (Lipinski definition) is 0. The Balaban J connectivity index is 1.32. The van der Waals surface area contributed by atoms with Crippen molar-refractivity contribution in [1.29, 1.82) is 0 Å². The van der Waals surface area contributed by atoms with Crippen molar-refractivity contribution in [2.24, 2.45) is 0 Å². The number of carbonyl (C=O) groups excluding carboxylic acids is 1. The van der Waals surface area contributed by atoms with Gasteiger partial charge in [-0.05, 0) is 55.5 Å². The number of morpholine rings is 1. The minimum absolute atomic E-state index is 0.0236. The minimum atomic E-state index is -3.48. The van der Waals surface area contributed by atoms with Crippen LogP contribution in [0.4, 0.5) is 0 Å². The topological polar surface area (TPSA) is 84.2 Å². The molecule has 3 aromatic rings. The molecule has 9 heteroatoms. The zero-order chi connectivity index (χ0) is 23.0. The van der Waals surface area contributed by atoms with E-state index < -0.39 is 10.0 Å². The van der Waals surface area contributed by atoms with Crippen molar-refractivity contribution in [2.75, 3.05) is 39.4 Å². The molecule has 2 fully saturated rings. The molecule has 1 amide bonds. The second-order valence-corrected chi connectivity index (χ2v) is 10.7. The number of pyridine rings is 1. The van der Waals surface area contributed by atoms with Gasteiger partial charge in [-0.2, -0.15) is 9.40 Å². The molecule has 1 aromatic carbocycles. The molecule has 0 spiro atoms. The van der Waals surface area contributed by atoms with E-state index in [1.54, 1.807) is 27.2 Å². The molecule has 2 aromatic heterocycles. The first kappa shape index (κ1) is 22.1. The molecular weight excluding hydrogens is 440 g/mol. The molecule has 33 heavy (non-hydrogen) atoms. The molecule has 0 aliphatic carbocycles. The second kappa shape index (κ2) is 8.89. The number of aryl methyl sites for hydroxylation is 1. The highest BCUT2D eigenvalue weighted by Gasteiger charge is 2.30. The van der Waals surface area contributed by atoms with Crippen molar-refractivity contribution in [2.45, 2.75) is 30.6 Å². The average Bonchev–Trinajstić information content (AvgIpc) is 3.28. The molecule has 0 bridgehead atoms. The fourth-order valence-electron chi connectivity index (χ4n) is 4.64. The number of hydrogen-bond acceptors (Lipinski definition) is 5. The Labute approximate surface area is 193 Å². The van der Waals surface area contributed by atoms with Gasteiger partial charge in [0.15, 0.2) is 0 Å². The van der Waals surface area contributed by atoms with Gasteiger partial charge in [0.05, 0.1) is 35.4 Å². The number of benzene rings is 1. The maximum absolute atomic E-state index is 13.0. The molecule has 4 heterocycles. The zero-order valence-electron chi connectivity index (χ0n) is 18.7. The van der Waals surface area contributed by atoms with Crippen molar-refractivity contribution in [3.63, 3.8) is 0 Å². The van der Waals surface area contributed by atoms with Crippen molar-refractivity contribution >= 4 is 21.4 Å². The summed E-state index contributed by atoms with van der Waals surface area (Å²) in [6, 6.07) is 11.1. The molecule has 2 saturated heterocycles. The summed E-state index contributed by atoms with van der Waals surface area (Å²) in [7, 11) is -3.48. The molecule has 0 unspecified atom stereocenters. The Bertz CT molecular complexity index is 1260. The number of ether oxygens (including phenoxy) is 1. The second-order valence-electron chi connectivity index (χ2n) is 8.74. The molecule has 8 nitrogen and oxygen atoms in total. The molecule has 174 valence electrons. The fourth-order valence-corrected chi connectivity index (χ4v) is 6.11. The molecule has 0 N–H and O–H groups in total. The van der Waals surface area contributed by atoms with Crippen molar-refractivity contribution in [3.05, 3.63) is 65.5 Å². The van der Waals surface area contributed by atoms with E-state index in [1.165, 1.54) is 0 Å². The Morgan fingerprint density at radius 3 is 2.42 bits per heavy atom. The molecule has 2 aliphatic rings. The fraction of sp³-hybridized carbons (Fsp3) is 0.417. The largest absolute Gasteiger partial charge is 0.378 e. The monoisotopic (exact) mass is 468 g/mol. The van der Waals surface area contributed by atoms with Crippen LogP contribution in [0.5, 0.6) is 0 Å². The molecule has 5 rings (SSSR count). The maximum atomic E-state index is 13.0. The van der Waals surface area contributed by atoms with Gasteiger partial charge >= 0.3 is 0 Å². The number of aromatic nitrogens is 2. The van der Waals surface area contributed by atoms with Crippen LogP contribution in [0.3, 0.4) is 0 Å². The predicted octanol–water partition coefficient (Wildman–Crippen LogP) is 2.68. The van der Waals surface area contributed by atoms with Crippen LogP contribution in [0.25, 0.3) is 5.52 Å². The predicted molar refractivity (Wildman–Crippen MR) is 124 cm³/mol. The Kier molecular flexibility index (Phi) is 5.94. The average molecular weight is 469 g/mol. The lowest BCUT2D eigenvalue weighted by Crippen LogP contribution is -2.40. The van der Waals surface area contributed by atoms with Crippen LogP contribution in [-0.4, -0.2) is 72.5 Å². The third kappa shape index (κ3) is 4.28. The third-order valence-electron chi connectivity index (χ3n) is 6.66. The maximum Gasteiger partial charge on any atom is 0.257 e. The number of nitrogens with zero attached hydrogens (tertiary/aromatic N) is 4. The number of carbonyl (C=O) groups is 1. The lowest BCUT2D eigenvalue weighted by molar-refractivity contribution is 0.0304. The van der Waals surface area contributed by atoms with E-state index in [0.29, 0.717) is 49.9 Å². The summed E-state index contributed by atoms with van der Waals surface area (Å²) in [5, 5.41) is 4.36. The third-order valence-corrected chi connectivity index (χ3v) is 8.57. The van der Waals surface area contributed by atoms with E-state index in [4.69, 9.17) is 4.74 Å². The number of amides is 1. The summed E-state index contributed by atoms with van der Waals surface area (Å²) in [6.07, 6.45) is 4.99. The SMILES string of the molecule is Cc1ccc(S(=O)(=O)N2CCC(c3ccn4ncc(C(=O)N5CCOCC5)c4c3)CC2)cc1. The van der Waals surface area contributed by atoms with Gasteiger partial charge in [0.25, 0.3) is 5.91 Å². The highest BCUT2D eigenvalue weighted by molar-refractivity contribution is 7.89. The number of piperidine rings is 1. The molecule has 0 radical (unpaired) electrons. The van der Waals surface area contributed by atoms with Gasteiger partial charge in [-0.3, -0.25) is 4.79 Å². The molecule has 0 atom stereocenters. The van der Waals surface area contributed by atoms with Gasteiger partial charge in [0, 0.05) is 32.4 Å². The smallest absolute Gasteiger partial charge is 0.257 e. The van der Waals surface area contributed by atoms with E-state index in [-0.39, 0.29) is 11.8 Å². The van der Waals surface area contributed by atoms with Crippen LogP contribution < -0.4 is 0 Å². The summed E-state index contributed by atoms with van der Waals surface area (Å²) in [5.41, 5.74) is 3.54. The molecule has 0 saturated carbocycles. The first-order valence-electron chi connectivity index (χ1n) is 11.3. The van der Waals surface area contributed by atoms with Gasteiger partial charge in [-0.15, -0.1) is 0 Å². The lowest BCUT2D eigenvalue weighted by Gasteiger charge is -2.31. The van der Waals surface area contributed by atoms with Crippen molar-refractivity contribution in [1.82, 2.24) is 18.8 Å². The first-order chi connectivity index (χ1) is 15.9. The van der Waals surface area contributed by atoms with Crippen molar-refractivity contribution < 1.29 is 17.9 Å². The van der Waals surface area contributed by atoms with Crippen molar-refractivity contribution in [3.8, 4) is 0 Å². The summed E-state index contributed by atoms with van der Waals surface area (Å²) < 4.78 is 34.7. The Morgan fingerprint density at radius 1 is 1.03 bits per heavy atom. The lowest BCUT2D eigenvalue weighted by atomic mass is 9.90. The van der Waals surface area contributed by atoms with Gasteiger partial charge in [-0.1, -0.05) is 17.7 Å². The summed E-state index contributed by atoms with van der Waals surface area (Å²) in [5.74, 6) is 0.213. The summed E-state index contributed by atoms with van der Waals surface area (Å²) in [4.78, 5) is 15.2. The van der Waals surface area contributed by atoms with Crippen LogP contribution in [-0.2, 0) is 14.8 Å². The highest BCUT2D eigenvalue weighted by Crippen LogP contribution is 2.32. The van der Waals surface area contributed by atoms with E-state index in [2.05, 4.69) is 5.10 Å². The summed E-state index contributed by atoms with van der Waals surface area (Å²) >= 11 is 0. The number of sulfonamides is 1. The Hall–Kier alpha value is -2.75. The van der Waals surface area contributed by atoms with E-state index >= 15 is 0 Å². The standard InChI is InChI=1S/C24H28N4O4S/c1-18-2-4-21(5-3-18)33(30,31)27-9-6-19(7-10-27)20-8-11-28-23(16-20)22(17-25-28)24(29)26-12-14-32-15-13-26/h2-5,8,11,16-17,19H,6-7,9-10,12-15H2,1H3. The number of fused-ring (bicyclic) bond motifs is 1. The molecular formula is C24H28N4O4S. The van der Waals surface area contributed by atoms with E-state index in [1.807, 2.05) is 42.3 Å². The van der Waals surface area contributed by atoms with Crippen LogP contribution in [0.2, 0.25) is 0 Å². The van der Waals surface area contributed by atoms with Crippen LogP contribution in [0, 0.1) is 6.92 Å². The van der Waals surface area contributed by atoms with E-state index in [9.17, 15) is 13.2 Å². The summed E-state index contributed by atoms with van der Waals surface area (Å²) in [6.45, 7) is 5.18. The normalized spacial score (nSPS) is 18.6. The highest BCUT2D eigenvalue weighted by atomic mass is 32.2. The van der Waals surface area contributed by atoms with Gasteiger partial charge in [0.1, 0.15) is 0 Å². The zero-order valence-corrected chi connectivity index (χ0v) is 19.5. The van der Waals surface area contributed by atoms with E-state index in [0.717, 1.165) is 29.5 Å². The Morgan fingerprint density at radius 2 is 1.73 bits per heavy atom. The van der Waals surface area contributed by atoms with Gasteiger partial charge in [0.2, 0.25) is 10.0 Å². The van der Waals surface area contributed by atoms with Crippen LogP contribution in [0.1, 0.15) is 40.2 Å². The minimum Gasteiger partial charge on any atom is -0.378 e.